The molecule has 1 atom stereocenters. The zero-order valence-corrected chi connectivity index (χ0v) is 12.1. The summed E-state index contributed by atoms with van der Waals surface area (Å²) in [7, 11) is 1.75. The molecule has 0 aromatic heterocycles. The monoisotopic (exact) mass is 277 g/mol. The molecule has 0 saturated heterocycles. The number of nitrogens with zero attached hydrogens (tertiary/aromatic N) is 2. The molecule has 1 rings (SSSR count). The topological polar surface area (TPSA) is 78.9 Å². The number of hydrogen-bond donors (Lipinski definition) is 2. The Balaban J connectivity index is 2.60. The van der Waals surface area contributed by atoms with Gasteiger partial charge in [0.25, 0.3) is 0 Å². The smallest absolute Gasteiger partial charge is 0.233 e. The van der Waals surface area contributed by atoms with Crippen LogP contribution >= 0.6 is 0 Å². The van der Waals surface area contributed by atoms with Crippen molar-refractivity contribution < 1.29 is 10.0 Å². The molecule has 0 fully saturated rings. The standard InChI is InChI=1S/C15H23N3O2/c1-3-7-13(14(16)17-20)15(19)18(2)11-10-12-8-5-4-6-9-12/h4-6,8-9,13,20H,3,7,10-11H2,1-2H3,(H2,16,17). The Morgan fingerprint density at radius 2 is 2.05 bits per heavy atom. The maximum Gasteiger partial charge on any atom is 0.233 e. The Hall–Kier alpha value is -2.04. The van der Waals surface area contributed by atoms with E-state index in [4.69, 9.17) is 10.9 Å². The molecule has 1 aromatic rings. The van der Waals surface area contributed by atoms with Crippen LogP contribution < -0.4 is 5.73 Å². The van der Waals surface area contributed by atoms with Crippen molar-refractivity contribution in [3.63, 3.8) is 0 Å². The Bertz CT molecular complexity index is 446. The lowest BCUT2D eigenvalue weighted by Crippen LogP contribution is -2.40. The number of benzene rings is 1. The number of nitrogens with two attached hydrogens (primary N) is 1. The summed E-state index contributed by atoms with van der Waals surface area (Å²) in [4.78, 5) is 14.0. The van der Waals surface area contributed by atoms with Crippen molar-refractivity contribution in [3.05, 3.63) is 35.9 Å². The van der Waals surface area contributed by atoms with Crippen molar-refractivity contribution >= 4 is 11.7 Å². The second kappa shape index (κ2) is 8.19. The highest BCUT2D eigenvalue weighted by molar-refractivity contribution is 6.01. The van der Waals surface area contributed by atoms with Crippen molar-refractivity contribution in [2.24, 2.45) is 16.8 Å². The van der Waals surface area contributed by atoms with Gasteiger partial charge in [-0.05, 0) is 18.4 Å². The van der Waals surface area contributed by atoms with Gasteiger partial charge in [-0.1, -0.05) is 48.8 Å². The van der Waals surface area contributed by atoms with E-state index in [-0.39, 0.29) is 11.7 Å². The summed E-state index contributed by atoms with van der Waals surface area (Å²) in [5, 5.41) is 11.7. The van der Waals surface area contributed by atoms with E-state index in [0.29, 0.717) is 13.0 Å². The first-order chi connectivity index (χ1) is 9.60. The quantitative estimate of drug-likeness (QED) is 0.345. The SMILES string of the molecule is CCCC(C(=O)N(C)CCc1ccccc1)C(N)=NO. The van der Waals surface area contributed by atoms with Crippen LogP contribution in [0.1, 0.15) is 25.3 Å². The van der Waals surface area contributed by atoms with E-state index >= 15 is 0 Å². The van der Waals surface area contributed by atoms with Crippen LogP contribution in [-0.2, 0) is 11.2 Å². The summed E-state index contributed by atoms with van der Waals surface area (Å²) in [5.74, 6) is -0.646. The molecule has 110 valence electrons. The van der Waals surface area contributed by atoms with Crippen LogP contribution in [0.2, 0.25) is 0 Å². The van der Waals surface area contributed by atoms with Gasteiger partial charge in [-0.15, -0.1) is 0 Å². The van der Waals surface area contributed by atoms with Gasteiger partial charge in [0.15, 0.2) is 5.84 Å². The fourth-order valence-electron chi connectivity index (χ4n) is 2.07. The van der Waals surface area contributed by atoms with Gasteiger partial charge in [-0.3, -0.25) is 4.79 Å². The molecule has 0 radical (unpaired) electrons. The fourth-order valence-corrected chi connectivity index (χ4v) is 2.07. The van der Waals surface area contributed by atoms with Gasteiger partial charge in [0.1, 0.15) is 0 Å². The van der Waals surface area contributed by atoms with E-state index in [1.54, 1.807) is 11.9 Å². The molecule has 1 amide bonds. The van der Waals surface area contributed by atoms with Gasteiger partial charge in [0.2, 0.25) is 5.91 Å². The highest BCUT2D eigenvalue weighted by atomic mass is 16.4. The van der Waals surface area contributed by atoms with Crippen LogP contribution in [0.5, 0.6) is 0 Å². The minimum atomic E-state index is -0.536. The molecule has 1 unspecified atom stereocenters. The molecule has 0 saturated carbocycles. The Labute approximate surface area is 120 Å². The molecule has 5 heteroatoms. The molecule has 1 aromatic carbocycles. The van der Waals surface area contributed by atoms with E-state index in [9.17, 15) is 4.79 Å². The number of amides is 1. The van der Waals surface area contributed by atoms with E-state index < -0.39 is 5.92 Å². The number of oxime groups is 1. The molecule has 0 bridgehead atoms. The third kappa shape index (κ3) is 4.57. The molecule has 0 aliphatic heterocycles. The van der Waals surface area contributed by atoms with Crippen molar-refractivity contribution in [2.45, 2.75) is 26.2 Å². The first kappa shape index (κ1) is 16.0. The predicted octanol–water partition coefficient (Wildman–Crippen LogP) is 1.85. The van der Waals surface area contributed by atoms with Crippen LogP contribution in [0.4, 0.5) is 0 Å². The summed E-state index contributed by atoms with van der Waals surface area (Å²) < 4.78 is 0. The van der Waals surface area contributed by atoms with Crippen LogP contribution in [-0.4, -0.2) is 35.4 Å². The second-order valence-corrected chi connectivity index (χ2v) is 4.86. The number of carbonyl (C=O) groups is 1. The maximum atomic E-state index is 12.3. The Kier molecular flexibility index (Phi) is 6.56. The summed E-state index contributed by atoms with van der Waals surface area (Å²) in [6.07, 6.45) is 2.18. The van der Waals surface area contributed by atoms with Gasteiger partial charge in [-0.2, -0.15) is 0 Å². The molecule has 0 aliphatic carbocycles. The molecule has 0 aliphatic rings. The molecule has 20 heavy (non-hydrogen) atoms. The summed E-state index contributed by atoms with van der Waals surface area (Å²) >= 11 is 0. The van der Waals surface area contributed by atoms with Gasteiger partial charge in [0.05, 0.1) is 5.92 Å². The average molecular weight is 277 g/mol. The molecular weight excluding hydrogens is 254 g/mol. The maximum absolute atomic E-state index is 12.3. The Morgan fingerprint density at radius 1 is 1.40 bits per heavy atom. The van der Waals surface area contributed by atoms with Crippen molar-refractivity contribution in [1.29, 1.82) is 0 Å². The van der Waals surface area contributed by atoms with Crippen LogP contribution in [0, 0.1) is 5.92 Å². The summed E-state index contributed by atoms with van der Waals surface area (Å²) in [6, 6.07) is 9.99. The van der Waals surface area contributed by atoms with Crippen molar-refractivity contribution in [1.82, 2.24) is 4.90 Å². The molecule has 0 spiro atoms. The number of likely N-dealkylation sites (N-methyl/N-ethyl adjacent to an activating group) is 1. The van der Waals surface area contributed by atoms with Crippen molar-refractivity contribution in [2.75, 3.05) is 13.6 Å². The number of carbonyl (C=O) groups excluding carboxylic acids is 1. The third-order valence-electron chi connectivity index (χ3n) is 3.30. The minimum absolute atomic E-state index is 0.0107. The zero-order chi connectivity index (χ0) is 15.0. The third-order valence-corrected chi connectivity index (χ3v) is 3.30. The largest absolute Gasteiger partial charge is 0.409 e. The van der Waals surface area contributed by atoms with Gasteiger partial charge in [0, 0.05) is 13.6 Å². The van der Waals surface area contributed by atoms with Crippen molar-refractivity contribution in [3.8, 4) is 0 Å². The average Bonchev–Trinajstić information content (AvgIpc) is 2.49. The van der Waals surface area contributed by atoms with E-state index in [1.807, 2.05) is 37.3 Å². The second-order valence-electron chi connectivity index (χ2n) is 4.86. The summed E-state index contributed by atoms with van der Waals surface area (Å²) in [5.41, 5.74) is 6.79. The first-order valence-electron chi connectivity index (χ1n) is 6.86. The molecule has 5 nitrogen and oxygen atoms in total. The normalized spacial score (nSPS) is 13.0. The number of rotatable bonds is 7. The highest BCUT2D eigenvalue weighted by Crippen LogP contribution is 2.11. The van der Waals surface area contributed by atoms with E-state index in [1.165, 1.54) is 5.56 Å². The molecule has 3 N–H and O–H groups in total. The lowest BCUT2D eigenvalue weighted by Gasteiger charge is -2.22. The van der Waals surface area contributed by atoms with Gasteiger partial charge < -0.3 is 15.8 Å². The van der Waals surface area contributed by atoms with E-state index in [2.05, 4.69) is 5.16 Å². The number of hydrogen-bond acceptors (Lipinski definition) is 3. The lowest BCUT2D eigenvalue weighted by atomic mass is 10.0. The number of amidine groups is 1. The van der Waals surface area contributed by atoms with Crippen LogP contribution in [0.15, 0.2) is 35.5 Å². The molecular formula is C15H23N3O2. The highest BCUT2D eigenvalue weighted by Gasteiger charge is 2.25. The fraction of sp³-hybridized carbons (Fsp3) is 0.467. The van der Waals surface area contributed by atoms with E-state index in [0.717, 1.165) is 12.8 Å². The Morgan fingerprint density at radius 3 is 2.60 bits per heavy atom. The lowest BCUT2D eigenvalue weighted by molar-refractivity contribution is -0.132. The predicted molar refractivity (Wildman–Crippen MR) is 79.6 cm³/mol. The van der Waals surface area contributed by atoms with Gasteiger partial charge in [-0.25, -0.2) is 0 Å². The zero-order valence-electron chi connectivity index (χ0n) is 12.1. The summed E-state index contributed by atoms with van der Waals surface area (Å²) in [6.45, 7) is 2.58. The molecule has 0 heterocycles. The first-order valence-corrected chi connectivity index (χ1v) is 6.86. The van der Waals surface area contributed by atoms with Crippen LogP contribution in [0.25, 0.3) is 0 Å². The van der Waals surface area contributed by atoms with Gasteiger partial charge >= 0.3 is 0 Å². The minimum Gasteiger partial charge on any atom is -0.409 e. The van der Waals surface area contributed by atoms with Crippen LogP contribution in [0.3, 0.4) is 0 Å².